The largest absolute Gasteiger partial charge is 0.472 e. The van der Waals surface area contributed by atoms with Crippen molar-refractivity contribution in [1.82, 2.24) is 19.9 Å². The summed E-state index contributed by atoms with van der Waals surface area (Å²) in [4.78, 5) is 16.5. The number of aromatic nitrogens is 3. The van der Waals surface area contributed by atoms with E-state index in [2.05, 4.69) is 15.4 Å². The van der Waals surface area contributed by atoms with E-state index < -0.39 is 0 Å². The molecule has 6 nitrogen and oxygen atoms in total. The highest BCUT2D eigenvalue weighted by molar-refractivity contribution is 5.93. The number of hydrogen-bond acceptors (Lipinski definition) is 4. The van der Waals surface area contributed by atoms with Gasteiger partial charge in [0.05, 0.1) is 17.5 Å². The van der Waals surface area contributed by atoms with Gasteiger partial charge in [-0.3, -0.25) is 4.79 Å². The monoisotopic (exact) mass is 296 g/mol. The van der Waals surface area contributed by atoms with Crippen LogP contribution >= 0.6 is 0 Å². The molecule has 0 saturated carbocycles. The van der Waals surface area contributed by atoms with Crippen LogP contribution < -0.4 is 5.32 Å². The molecule has 3 aromatic heterocycles. The third-order valence-corrected chi connectivity index (χ3v) is 4.11. The van der Waals surface area contributed by atoms with Crippen molar-refractivity contribution in [3.63, 3.8) is 0 Å². The third kappa shape index (κ3) is 2.16. The van der Waals surface area contributed by atoms with Gasteiger partial charge in [-0.25, -0.2) is 9.50 Å². The Labute approximate surface area is 127 Å². The molecular formula is C16H16N4O2. The van der Waals surface area contributed by atoms with Crippen molar-refractivity contribution >= 4 is 11.6 Å². The van der Waals surface area contributed by atoms with E-state index in [9.17, 15) is 4.79 Å². The Morgan fingerprint density at radius 1 is 1.50 bits per heavy atom. The summed E-state index contributed by atoms with van der Waals surface area (Å²) in [5.74, 6) is -0.0915. The Morgan fingerprint density at radius 3 is 3.23 bits per heavy atom. The van der Waals surface area contributed by atoms with Gasteiger partial charge in [0.2, 0.25) is 0 Å². The number of rotatable bonds is 2. The maximum absolute atomic E-state index is 12.1. The zero-order valence-electron chi connectivity index (χ0n) is 12.2. The summed E-state index contributed by atoms with van der Waals surface area (Å²) >= 11 is 0. The number of nitrogens with one attached hydrogen (secondary N) is 1. The van der Waals surface area contributed by atoms with Gasteiger partial charge >= 0.3 is 0 Å². The fourth-order valence-electron chi connectivity index (χ4n) is 3.03. The highest BCUT2D eigenvalue weighted by Crippen LogP contribution is 2.22. The molecule has 0 saturated heterocycles. The number of furan rings is 1. The average molecular weight is 296 g/mol. The van der Waals surface area contributed by atoms with Gasteiger partial charge in [-0.15, -0.1) is 0 Å². The molecule has 0 bridgehead atoms. The first-order valence-electron chi connectivity index (χ1n) is 7.37. The van der Waals surface area contributed by atoms with E-state index in [1.54, 1.807) is 6.07 Å². The van der Waals surface area contributed by atoms with E-state index in [1.165, 1.54) is 18.2 Å². The first kappa shape index (κ1) is 13.1. The van der Waals surface area contributed by atoms with Crippen LogP contribution in [0.25, 0.3) is 5.65 Å². The molecule has 3 aromatic rings. The lowest BCUT2D eigenvalue weighted by Crippen LogP contribution is -2.39. The number of aryl methyl sites for hydroxylation is 2. The molecule has 112 valence electrons. The molecule has 6 heteroatoms. The molecule has 22 heavy (non-hydrogen) atoms. The van der Waals surface area contributed by atoms with Gasteiger partial charge in [0, 0.05) is 24.0 Å². The molecule has 0 radical (unpaired) electrons. The van der Waals surface area contributed by atoms with Crippen molar-refractivity contribution < 1.29 is 9.21 Å². The second-order valence-corrected chi connectivity index (χ2v) is 5.71. The molecule has 1 N–H and O–H groups in total. The highest BCUT2D eigenvalue weighted by Gasteiger charge is 2.23. The number of carbonyl (C=O) groups is 1. The minimum atomic E-state index is -0.0915. The minimum absolute atomic E-state index is 0.0915. The lowest BCUT2D eigenvalue weighted by Gasteiger charge is -2.25. The second-order valence-electron chi connectivity index (χ2n) is 5.71. The SMILES string of the molecule is Cc1cc2ncc3c(n2n1)CCC(NC(=O)c1ccoc1)C3. The van der Waals surface area contributed by atoms with E-state index in [4.69, 9.17) is 4.42 Å². The molecule has 1 aliphatic rings. The predicted octanol–water partition coefficient (Wildman–Crippen LogP) is 1.92. The smallest absolute Gasteiger partial charge is 0.254 e. The lowest BCUT2D eigenvalue weighted by molar-refractivity contribution is 0.0933. The molecule has 0 spiro atoms. The first-order valence-corrected chi connectivity index (χ1v) is 7.37. The maximum atomic E-state index is 12.1. The molecule has 0 fully saturated rings. The van der Waals surface area contributed by atoms with Gasteiger partial charge in [-0.1, -0.05) is 0 Å². The van der Waals surface area contributed by atoms with Crippen LogP contribution in [0.1, 0.15) is 33.7 Å². The Balaban J connectivity index is 1.57. The van der Waals surface area contributed by atoms with Gasteiger partial charge < -0.3 is 9.73 Å². The van der Waals surface area contributed by atoms with E-state index >= 15 is 0 Å². The lowest BCUT2D eigenvalue weighted by atomic mass is 9.92. The zero-order chi connectivity index (χ0) is 15.1. The Morgan fingerprint density at radius 2 is 2.41 bits per heavy atom. The van der Waals surface area contributed by atoms with Gasteiger partial charge in [0.1, 0.15) is 6.26 Å². The van der Waals surface area contributed by atoms with Crippen LogP contribution in [-0.4, -0.2) is 26.5 Å². The normalized spacial score (nSPS) is 17.4. The standard InChI is InChI=1S/C16H16N4O2/c1-10-6-15-17-8-12-7-13(2-3-14(12)20(15)19-10)18-16(21)11-4-5-22-9-11/h4-6,8-9,13H,2-3,7H2,1H3,(H,18,21). The number of carbonyl (C=O) groups excluding carboxylic acids is 1. The zero-order valence-corrected chi connectivity index (χ0v) is 12.2. The van der Waals surface area contributed by atoms with E-state index in [0.717, 1.165) is 36.2 Å². The minimum Gasteiger partial charge on any atom is -0.472 e. The first-order chi connectivity index (χ1) is 10.7. The maximum Gasteiger partial charge on any atom is 0.254 e. The Hall–Kier alpha value is -2.63. The highest BCUT2D eigenvalue weighted by atomic mass is 16.3. The Bertz CT molecular complexity index is 835. The number of fused-ring (bicyclic) bond motifs is 3. The fourth-order valence-corrected chi connectivity index (χ4v) is 3.03. The van der Waals surface area contributed by atoms with Crippen molar-refractivity contribution in [2.24, 2.45) is 0 Å². The van der Waals surface area contributed by atoms with Gasteiger partial charge in [-0.2, -0.15) is 5.10 Å². The molecule has 1 unspecified atom stereocenters. The van der Waals surface area contributed by atoms with Crippen molar-refractivity contribution in [2.75, 3.05) is 0 Å². The molecule has 0 aliphatic heterocycles. The van der Waals surface area contributed by atoms with Crippen LogP contribution in [0.2, 0.25) is 0 Å². The summed E-state index contributed by atoms with van der Waals surface area (Å²) in [6.07, 6.45) is 7.43. The molecule has 1 aliphatic carbocycles. The van der Waals surface area contributed by atoms with Crippen LogP contribution in [0, 0.1) is 6.92 Å². The topological polar surface area (TPSA) is 72.4 Å². The molecule has 1 atom stereocenters. The van der Waals surface area contributed by atoms with Gasteiger partial charge in [0.15, 0.2) is 5.65 Å². The number of hydrogen-bond donors (Lipinski definition) is 1. The second kappa shape index (κ2) is 4.98. The van der Waals surface area contributed by atoms with E-state index in [-0.39, 0.29) is 11.9 Å². The molecule has 4 rings (SSSR count). The summed E-state index contributed by atoms with van der Waals surface area (Å²) < 4.78 is 6.88. The average Bonchev–Trinajstić information content (AvgIpc) is 3.15. The van der Waals surface area contributed by atoms with E-state index in [1.807, 2.05) is 23.7 Å². The predicted molar refractivity (Wildman–Crippen MR) is 79.7 cm³/mol. The molecular weight excluding hydrogens is 280 g/mol. The van der Waals surface area contributed by atoms with Crippen LogP contribution in [0.15, 0.2) is 35.3 Å². The number of nitrogens with zero attached hydrogens (tertiary/aromatic N) is 3. The van der Waals surface area contributed by atoms with Crippen molar-refractivity contribution in [3.05, 3.63) is 53.4 Å². The van der Waals surface area contributed by atoms with Crippen molar-refractivity contribution in [3.8, 4) is 0 Å². The van der Waals surface area contributed by atoms with Crippen LogP contribution in [0.5, 0.6) is 0 Å². The quantitative estimate of drug-likeness (QED) is 0.784. The van der Waals surface area contributed by atoms with Crippen molar-refractivity contribution in [2.45, 2.75) is 32.2 Å². The summed E-state index contributed by atoms with van der Waals surface area (Å²) in [6, 6.07) is 3.77. The van der Waals surface area contributed by atoms with Crippen LogP contribution in [-0.2, 0) is 12.8 Å². The third-order valence-electron chi connectivity index (χ3n) is 4.11. The van der Waals surface area contributed by atoms with E-state index in [0.29, 0.717) is 5.56 Å². The summed E-state index contributed by atoms with van der Waals surface area (Å²) in [5, 5.41) is 7.57. The summed E-state index contributed by atoms with van der Waals surface area (Å²) in [7, 11) is 0. The molecule has 3 heterocycles. The van der Waals surface area contributed by atoms with Crippen molar-refractivity contribution in [1.29, 1.82) is 0 Å². The van der Waals surface area contributed by atoms with Crippen LogP contribution in [0.4, 0.5) is 0 Å². The Kier molecular flexibility index (Phi) is 2.96. The summed E-state index contributed by atoms with van der Waals surface area (Å²) in [5.41, 5.74) is 4.77. The van der Waals surface area contributed by atoms with Gasteiger partial charge in [0.25, 0.3) is 5.91 Å². The molecule has 1 amide bonds. The summed E-state index contributed by atoms with van der Waals surface area (Å²) in [6.45, 7) is 1.97. The van der Waals surface area contributed by atoms with Gasteiger partial charge in [-0.05, 0) is 37.8 Å². The fraction of sp³-hybridized carbons (Fsp3) is 0.312. The molecule has 0 aromatic carbocycles. The number of amides is 1. The van der Waals surface area contributed by atoms with Crippen LogP contribution in [0.3, 0.4) is 0 Å².